The van der Waals surface area contributed by atoms with Gasteiger partial charge in [0.1, 0.15) is 4.90 Å². The summed E-state index contributed by atoms with van der Waals surface area (Å²) in [6.45, 7) is 1.66. The number of nitrogens with two attached hydrogens (primary N) is 2. The molecule has 1 amide bonds. The number of hydrogen-bond donors (Lipinski definition) is 4. The van der Waals surface area contributed by atoms with E-state index in [4.69, 9.17) is 16.6 Å². The van der Waals surface area contributed by atoms with Gasteiger partial charge in [-0.1, -0.05) is 6.92 Å². The van der Waals surface area contributed by atoms with Gasteiger partial charge in [0.2, 0.25) is 15.9 Å². The molecule has 1 rings (SSSR count). The molecule has 0 radical (unpaired) electrons. The maximum atomic E-state index is 12.0. The van der Waals surface area contributed by atoms with Crippen molar-refractivity contribution in [2.45, 2.75) is 11.8 Å². The molecule has 0 heterocycles. The lowest BCUT2D eigenvalue weighted by atomic mass is 10.2. The van der Waals surface area contributed by atoms with Crippen molar-refractivity contribution < 1.29 is 18.3 Å². The Labute approximate surface area is 111 Å². The molecule has 1 aromatic carbocycles. The fraction of sp³-hybridized carbons (Fsp3) is 0.364. The highest BCUT2D eigenvalue weighted by atomic mass is 32.2. The molecule has 7 nitrogen and oxygen atoms in total. The number of anilines is 1. The molecule has 8 heteroatoms. The van der Waals surface area contributed by atoms with Crippen molar-refractivity contribution in [2.75, 3.05) is 18.9 Å². The van der Waals surface area contributed by atoms with Crippen LogP contribution >= 0.6 is 0 Å². The van der Waals surface area contributed by atoms with E-state index >= 15 is 0 Å². The number of carbonyl (C=O) groups is 1. The third-order valence-electron chi connectivity index (χ3n) is 2.52. The molecular formula is C11H17N3O4S. The Balaban J connectivity index is 2.99. The van der Waals surface area contributed by atoms with Crippen LogP contribution in [0.5, 0.6) is 0 Å². The fourth-order valence-corrected chi connectivity index (χ4v) is 2.62. The average molecular weight is 287 g/mol. The zero-order chi connectivity index (χ0) is 14.6. The van der Waals surface area contributed by atoms with E-state index in [9.17, 15) is 13.2 Å². The molecule has 0 saturated carbocycles. The summed E-state index contributed by atoms with van der Waals surface area (Å²) in [6, 6.07) is 3.73. The molecular weight excluding hydrogens is 270 g/mol. The Morgan fingerprint density at radius 3 is 2.58 bits per heavy atom. The number of aliphatic hydroxyl groups is 1. The van der Waals surface area contributed by atoms with Crippen molar-refractivity contribution in [3.63, 3.8) is 0 Å². The second kappa shape index (κ2) is 6.00. The van der Waals surface area contributed by atoms with Gasteiger partial charge in [0.05, 0.1) is 5.69 Å². The normalized spacial score (nSPS) is 13.2. The summed E-state index contributed by atoms with van der Waals surface area (Å²) >= 11 is 0. The minimum Gasteiger partial charge on any atom is -0.398 e. The van der Waals surface area contributed by atoms with Crippen molar-refractivity contribution in [1.29, 1.82) is 0 Å². The van der Waals surface area contributed by atoms with Gasteiger partial charge in [-0.3, -0.25) is 4.79 Å². The van der Waals surface area contributed by atoms with Crippen molar-refractivity contribution in [3.05, 3.63) is 23.8 Å². The third-order valence-corrected chi connectivity index (χ3v) is 4.01. The number of sulfonamides is 1. The van der Waals surface area contributed by atoms with Gasteiger partial charge in [-0.05, 0) is 24.1 Å². The number of hydrogen-bond acceptors (Lipinski definition) is 5. The Morgan fingerprint density at radius 2 is 2.11 bits per heavy atom. The van der Waals surface area contributed by atoms with Crippen molar-refractivity contribution >= 4 is 21.6 Å². The Kier molecular flexibility index (Phi) is 4.87. The first-order chi connectivity index (χ1) is 8.77. The summed E-state index contributed by atoms with van der Waals surface area (Å²) < 4.78 is 26.3. The second-order valence-electron chi connectivity index (χ2n) is 4.26. The van der Waals surface area contributed by atoms with E-state index in [-0.39, 0.29) is 35.2 Å². The number of aliphatic hydroxyl groups excluding tert-OH is 1. The van der Waals surface area contributed by atoms with E-state index in [2.05, 4.69) is 4.72 Å². The van der Waals surface area contributed by atoms with E-state index < -0.39 is 15.9 Å². The summed E-state index contributed by atoms with van der Waals surface area (Å²) in [7, 11) is -3.78. The van der Waals surface area contributed by atoms with Crippen LogP contribution in [0.15, 0.2) is 23.1 Å². The van der Waals surface area contributed by atoms with Crippen LogP contribution in [0.1, 0.15) is 17.3 Å². The summed E-state index contributed by atoms with van der Waals surface area (Å²) in [5.74, 6) is -0.890. The lowest BCUT2D eigenvalue weighted by Crippen LogP contribution is -2.30. The molecule has 0 spiro atoms. The quantitative estimate of drug-likeness (QED) is 0.512. The van der Waals surface area contributed by atoms with Gasteiger partial charge in [0, 0.05) is 18.7 Å². The lowest BCUT2D eigenvalue weighted by molar-refractivity contribution is 0.1000. The number of carbonyl (C=O) groups excluding carboxylic acids is 1. The summed E-state index contributed by atoms with van der Waals surface area (Å²) in [5, 5.41) is 8.84. The Hall–Kier alpha value is -1.64. The van der Waals surface area contributed by atoms with Gasteiger partial charge in [0.15, 0.2) is 0 Å². The summed E-state index contributed by atoms with van der Waals surface area (Å²) in [5.41, 5.74) is 10.8. The molecule has 1 unspecified atom stereocenters. The molecule has 1 atom stereocenters. The fourth-order valence-electron chi connectivity index (χ4n) is 1.34. The first-order valence-corrected chi connectivity index (χ1v) is 7.06. The summed E-state index contributed by atoms with van der Waals surface area (Å²) in [4.78, 5) is 10.8. The highest BCUT2D eigenvalue weighted by Crippen LogP contribution is 2.19. The minimum absolute atomic E-state index is 0.0551. The summed E-state index contributed by atoms with van der Waals surface area (Å²) in [6.07, 6.45) is 0. The number of benzene rings is 1. The first-order valence-electron chi connectivity index (χ1n) is 5.57. The standard InChI is InChI=1S/C11H17N3O4S/c1-7(6-15)5-14-19(17,18)10-3-2-8(11(13)16)4-9(10)12/h2-4,7,14-15H,5-6,12H2,1H3,(H2,13,16). The van der Waals surface area contributed by atoms with Crippen LogP contribution in [-0.4, -0.2) is 32.6 Å². The molecule has 6 N–H and O–H groups in total. The average Bonchev–Trinajstić information content (AvgIpc) is 2.35. The van der Waals surface area contributed by atoms with Gasteiger partial charge in [-0.25, -0.2) is 13.1 Å². The number of nitrogens with one attached hydrogen (secondary N) is 1. The van der Waals surface area contributed by atoms with Gasteiger partial charge in [-0.15, -0.1) is 0 Å². The van der Waals surface area contributed by atoms with Crippen LogP contribution in [0.4, 0.5) is 5.69 Å². The molecule has 0 bridgehead atoms. The number of amides is 1. The van der Waals surface area contributed by atoms with Crippen LogP contribution in [0.2, 0.25) is 0 Å². The topological polar surface area (TPSA) is 136 Å². The molecule has 19 heavy (non-hydrogen) atoms. The van der Waals surface area contributed by atoms with Crippen LogP contribution in [0, 0.1) is 5.92 Å². The van der Waals surface area contributed by atoms with E-state index in [0.29, 0.717) is 0 Å². The van der Waals surface area contributed by atoms with Crippen molar-refractivity contribution in [3.8, 4) is 0 Å². The molecule has 0 aromatic heterocycles. The highest BCUT2D eigenvalue weighted by molar-refractivity contribution is 7.89. The maximum Gasteiger partial charge on any atom is 0.248 e. The van der Waals surface area contributed by atoms with E-state index in [1.165, 1.54) is 18.2 Å². The maximum absolute atomic E-state index is 12.0. The van der Waals surface area contributed by atoms with Gasteiger partial charge >= 0.3 is 0 Å². The molecule has 0 fully saturated rings. The second-order valence-corrected chi connectivity index (χ2v) is 5.99. The SMILES string of the molecule is CC(CO)CNS(=O)(=O)c1ccc(C(N)=O)cc1N. The number of rotatable bonds is 6. The van der Waals surface area contributed by atoms with Crippen LogP contribution in [0.3, 0.4) is 0 Å². The van der Waals surface area contributed by atoms with E-state index in [1.807, 2.05) is 0 Å². The Morgan fingerprint density at radius 1 is 1.47 bits per heavy atom. The highest BCUT2D eigenvalue weighted by Gasteiger charge is 2.19. The molecule has 0 aliphatic heterocycles. The van der Waals surface area contributed by atoms with Crippen LogP contribution in [0.25, 0.3) is 0 Å². The van der Waals surface area contributed by atoms with Crippen LogP contribution in [-0.2, 0) is 10.0 Å². The lowest BCUT2D eigenvalue weighted by Gasteiger charge is -2.12. The van der Waals surface area contributed by atoms with Gasteiger partial charge in [0.25, 0.3) is 0 Å². The zero-order valence-electron chi connectivity index (χ0n) is 10.5. The van der Waals surface area contributed by atoms with E-state index in [1.54, 1.807) is 6.92 Å². The largest absolute Gasteiger partial charge is 0.398 e. The first kappa shape index (κ1) is 15.4. The molecule has 0 saturated heterocycles. The molecule has 0 aliphatic carbocycles. The third kappa shape index (κ3) is 3.91. The van der Waals surface area contributed by atoms with Crippen molar-refractivity contribution in [1.82, 2.24) is 4.72 Å². The Bertz CT molecular complexity index is 571. The van der Waals surface area contributed by atoms with Crippen molar-refractivity contribution in [2.24, 2.45) is 11.7 Å². The molecule has 1 aromatic rings. The van der Waals surface area contributed by atoms with Gasteiger partial charge in [-0.2, -0.15) is 0 Å². The number of primary amides is 1. The molecule has 106 valence electrons. The molecule has 0 aliphatic rings. The zero-order valence-corrected chi connectivity index (χ0v) is 11.3. The minimum atomic E-state index is -3.78. The predicted octanol–water partition coefficient (Wildman–Crippen LogP) is -0.726. The number of nitrogen functional groups attached to an aromatic ring is 1. The van der Waals surface area contributed by atoms with Gasteiger partial charge < -0.3 is 16.6 Å². The van der Waals surface area contributed by atoms with E-state index in [0.717, 1.165) is 0 Å². The smallest absolute Gasteiger partial charge is 0.248 e. The van der Waals surface area contributed by atoms with Crippen LogP contribution < -0.4 is 16.2 Å². The predicted molar refractivity (Wildman–Crippen MR) is 70.8 cm³/mol. The monoisotopic (exact) mass is 287 g/mol.